The van der Waals surface area contributed by atoms with Crippen molar-refractivity contribution in [3.8, 4) is 0 Å². The summed E-state index contributed by atoms with van der Waals surface area (Å²) in [6.45, 7) is 0. The summed E-state index contributed by atoms with van der Waals surface area (Å²) in [5.74, 6) is -1.07. The molecule has 0 N–H and O–H groups in total. The molecule has 0 amide bonds. The lowest BCUT2D eigenvalue weighted by molar-refractivity contribution is 0.102. The Morgan fingerprint density at radius 2 is 1.90 bits per heavy atom. The van der Waals surface area contributed by atoms with E-state index in [0.29, 0.717) is 9.35 Å². The Labute approximate surface area is 138 Å². The van der Waals surface area contributed by atoms with Crippen molar-refractivity contribution in [2.45, 2.75) is 4.90 Å². The van der Waals surface area contributed by atoms with E-state index in [1.165, 1.54) is 29.5 Å². The largest absolute Gasteiger partial charge is 0.292 e. The molecule has 106 valence electrons. The molecule has 0 bridgehead atoms. The van der Waals surface area contributed by atoms with Gasteiger partial charge >= 0.3 is 0 Å². The molecule has 0 saturated carbocycles. The maximum Gasteiger partial charge on any atom is 0.189 e. The number of ketones is 1. The summed E-state index contributed by atoms with van der Waals surface area (Å²) in [5.41, 5.74) is 0. The van der Waals surface area contributed by atoms with Crippen molar-refractivity contribution >= 4 is 66.1 Å². The molecule has 0 radical (unpaired) electrons. The first kappa shape index (κ1) is 16.0. The van der Waals surface area contributed by atoms with Gasteiger partial charge in [-0.1, -0.05) is 23.2 Å². The highest BCUT2D eigenvalue weighted by Gasteiger charge is 2.23. The average molecular weight is 414 g/mol. The first-order valence-electron chi connectivity index (χ1n) is 5.25. The summed E-state index contributed by atoms with van der Waals surface area (Å²) in [7, 11) is -3.75. The Kier molecular flexibility index (Phi) is 4.92. The van der Waals surface area contributed by atoms with Crippen molar-refractivity contribution in [1.82, 2.24) is 0 Å². The van der Waals surface area contributed by atoms with E-state index in [1.54, 1.807) is 11.4 Å². The predicted octanol–water partition coefficient (Wildman–Crippen LogP) is 4.47. The second-order valence-corrected chi connectivity index (χ2v) is 8.43. The van der Waals surface area contributed by atoms with E-state index in [9.17, 15) is 13.2 Å². The highest BCUT2D eigenvalue weighted by Crippen LogP contribution is 2.27. The van der Waals surface area contributed by atoms with Crippen molar-refractivity contribution in [3.63, 3.8) is 0 Å². The summed E-state index contributed by atoms with van der Waals surface area (Å²) < 4.78 is 25.0. The van der Waals surface area contributed by atoms with Crippen LogP contribution >= 0.6 is 50.5 Å². The van der Waals surface area contributed by atoms with Gasteiger partial charge in [-0.15, -0.1) is 11.3 Å². The quantitative estimate of drug-likeness (QED) is 0.694. The SMILES string of the molecule is O=C(CS(=O)(=O)c1ccc(Cl)c(Cl)c1)c1sccc1Br. The summed E-state index contributed by atoms with van der Waals surface area (Å²) in [5, 5.41) is 2.11. The van der Waals surface area contributed by atoms with Gasteiger partial charge in [-0.05, 0) is 45.6 Å². The maximum absolute atomic E-state index is 12.2. The molecule has 1 aromatic heterocycles. The van der Waals surface area contributed by atoms with Gasteiger partial charge in [-0.3, -0.25) is 4.79 Å². The molecule has 2 aromatic rings. The zero-order chi connectivity index (χ0) is 14.9. The van der Waals surface area contributed by atoms with Crippen LogP contribution in [0.2, 0.25) is 10.0 Å². The number of hydrogen-bond donors (Lipinski definition) is 0. The molecule has 0 fully saturated rings. The lowest BCUT2D eigenvalue weighted by Crippen LogP contribution is -2.16. The zero-order valence-electron chi connectivity index (χ0n) is 9.77. The van der Waals surface area contributed by atoms with Crippen molar-refractivity contribution in [3.05, 3.63) is 49.0 Å². The number of carbonyl (C=O) groups is 1. The van der Waals surface area contributed by atoms with E-state index < -0.39 is 21.4 Å². The molecule has 0 aliphatic carbocycles. The molecule has 0 unspecified atom stereocenters. The Morgan fingerprint density at radius 3 is 2.45 bits per heavy atom. The number of rotatable bonds is 4. The third kappa shape index (κ3) is 3.43. The second-order valence-electron chi connectivity index (χ2n) is 3.86. The lowest BCUT2D eigenvalue weighted by atomic mass is 10.3. The molecule has 2 rings (SSSR count). The first-order valence-corrected chi connectivity index (χ1v) is 9.33. The number of sulfone groups is 1. The lowest BCUT2D eigenvalue weighted by Gasteiger charge is -2.05. The van der Waals surface area contributed by atoms with Crippen LogP contribution in [0.15, 0.2) is 39.0 Å². The van der Waals surface area contributed by atoms with Crippen LogP contribution in [0.3, 0.4) is 0 Å². The topological polar surface area (TPSA) is 51.2 Å². The van der Waals surface area contributed by atoms with Gasteiger partial charge in [0.15, 0.2) is 15.6 Å². The van der Waals surface area contributed by atoms with Crippen LogP contribution < -0.4 is 0 Å². The summed E-state index contributed by atoms with van der Waals surface area (Å²) >= 11 is 15.9. The standard InChI is InChI=1S/C12H7BrCl2O3S2/c13-8-3-4-19-12(8)11(16)6-20(17,18)7-1-2-9(14)10(15)5-7/h1-5H,6H2. The van der Waals surface area contributed by atoms with Crippen LogP contribution in [0, 0.1) is 0 Å². The molecule has 3 nitrogen and oxygen atoms in total. The van der Waals surface area contributed by atoms with Gasteiger partial charge in [0, 0.05) is 4.47 Å². The van der Waals surface area contributed by atoms with Crippen LogP contribution in [0.5, 0.6) is 0 Å². The van der Waals surface area contributed by atoms with Crippen molar-refractivity contribution in [1.29, 1.82) is 0 Å². The number of benzene rings is 1. The molecule has 8 heteroatoms. The van der Waals surface area contributed by atoms with Crippen LogP contribution in [0.1, 0.15) is 9.67 Å². The normalized spacial score (nSPS) is 11.6. The number of hydrogen-bond acceptors (Lipinski definition) is 4. The predicted molar refractivity (Wildman–Crippen MR) is 84.9 cm³/mol. The number of carbonyl (C=O) groups excluding carboxylic acids is 1. The van der Waals surface area contributed by atoms with Gasteiger partial charge in [0.1, 0.15) is 5.75 Å². The van der Waals surface area contributed by atoms with Gasteiger partial charge in [-0.2, -0.15) is 0 Å². The summed E-state index contributed by atoms with van der Waals surface area (Å²) in [4.78, 5) is 12.4. The van der Waals surface area contributed by atoms with Gasteiger partial charge in [-0.25, -0.2) is 8.42 Å². The van der Waals surface area contributed by atoms with Gasteiger partial charge < -0.3 is 0 Å². The zero-order valence-corrected chi connectivity index (χ0v) is 14.5. The maximum atomic E-state index is 12.2. The molecule has 0 atom stereocenters. The smallest absolute Gasteiger partial charge is 0.189 e. The Hall–Kier alpha value is -0.400. The molecule has 0 aliphatic rings. The number of thiophene rings is 1. The first-order chi connectivity index (χ1) is 9.31. The fraction of sp³-hybridized carbons (Fsp3) is 0.0833. The van der Waals surface area contributed by atoms with Crippen molar-refractivity contribution < 1.29 is 13.2 Å². The van der Waals surface area contributed by atoms with E-state index in [-0.39, 0.29) is 14.9 Å². The second kappa shape index (κ2) is 6.15. The minimum absolute atomic E-state index is 0.0204. The summed E-state index contributed by atoms with van der Waals surface area (Å²) in [6, 6.07) is 5.67. The van der Waals surface area contributed by atoms with Gasteiger partial charge in [0.25, 0.3) is 0 Å². The van der Waals surface area contributed by atoms with E-state index in [1.807, 2.05) is 0 Å². The van der Waals surface area contributed by atoms with Crippen LogP contribution in [-0.2, 0) is 9.84 Å². The fourth-order valence-corrected chi connectivity index (χ4v) is 4.70. The highest BCUT2D eigenvalue weighted by molar-refractivity contribution is 9.10. The van der Waals surface area contributed by atoms with Gasteiger partial charge in [0.05, 0.1) is 19.8 Å². The van der Waals surface area contributed by atoms with Crippen LogP contribution in [0.25, 0.3) is 0 Å². The van der Waals surface area contributed by atoms with E-state index in [0.717, 1.165) is 0 Å². The molecule has 0 spiro atoms. The van der Waals surface area contributed by atoms with Crippen molar-refractivity contribution in [2.75, 3.05) is 5.75 Å². The molecule has 20 heavy (non-hydrogen) atoms. The van der Waals surface area contributed by atoms with E-state index >= 15 is 0 Å². The van der Waals surface area contributed by atoms with Gasteiger partial charge in [0.2, 0.25) is 0 Å². The Morgan fingerprint density at radius 1 is 1.20 bits per heavy atom. The molecule has 1 heterocycles. The molecular formula is C12H7BrCl2O3S2. The van der Waals surface area contributed by atoms with E-state index in [4.69, 9.17) is 23.2 Å². The monoisotopic (exact) mass is 412 g/mol. The Balaban J connectivity index is 2.30. The Bertz CT molecular complexity index is 769. The average Bonchev–Trinajstić information content (AvgIpc) is 2.78. The van der Waals surface area contributed by atoms with Crippen molar-refractivity contribution in [2.24, 2.45) is 0 Å². The fourth-order valence-electron chi connectivity index (χ4n) is 1.48. The molecule has 1 aromatic carbocycles. The third-order valence-corrected chi connectivity index (χ3v) is 6.67. The number of Topliss-reactive ketones (excluding diaryl/α,β-unsaturated/α-hetero) is 1. The highest BCUT2D eigenvalue weighted by atomic mass is 79.9. The third-order valence-electron chi connectivity index (χ3n) is 2.44. The molecule has 0 saturated heterocycles. The van der Waals surface area contributed by atoms with Crippen LogP contribution in [0.4, 0.5) is 0 Å². The minimum Gasteiger partial charge on any atom is -0.292 e. The van der Waals surface area contributed by atoms with Crippen LogP contribution in [-0.4, -0.2) is 20.0 Å². The van der Waals surface area contributed by atoms with E-state index in [2.05, 4.69) is 15.9 Å². The summed E-state index contributed by atoms with van der Waals surface area (Å²) in [6.07, 6.45) is 0. The minimum atomic E-state index is -3.75. The number of halogens is 3. The molecular weight excluding hydrogens is 407 g/mol. The molecule has 0 aliphatic heterocycles.